The molecule has 1 fully saturated rings. The SMILES string of the molecule is CC(C)CC1CCCC(Nc2ccccc2F)C1. The van der Waals surface area contributed by atoms with E-state index in [1.807, 2.05) is 12.1 Å². The summed E-state index contributed by atoms with van der Waals surface area (Å²) in [5, 5.41) is 3.38. The Balaban J connectivity index is 1.91. The third-order valence-corrected chi connectivity index (χ3v) is 3.82. The fourth-order valence-electron chi connectivity index (χ4n) is 3.10. The maximum atomic E-state index is 13.6. The molecule has 0 bridgehead atoms. The molecule has 0 amide bonds. The second-order valence-electron chi connectivity index (χ2n) is 5.98. The van der Waals surface area contributed by atoms with Gasteiger partial charge in [0.1, 0.15) is 5.82 Å². The van der Waals surface area contributed by atoms with Crippen LogP contribution in [0, 0.1) is 17.7 Å². The van der Waals surface area contributed by atoms with E-state index in [0.29, 0.717) is 11.7 Å². The number of nitrogens with one attached hydrogen (secondary N) is 1. The van der Waals surface area contributed by atoms with Gasteiger partial charge in [0.25, 0.3) is 0 Å². The summed E-state index contributed by atoms with van der Waals surface area (Å²) in [4.78, 5) is 0. The molecule has 1 aromatic rings. The van der Waals surface area contributed by atoms with E-state index >= 15 is 0 Å². The lowest BCUT2D eigenvalue weighted by atomic mass is 9.81. The Kier molecular flexibility index (Phi) is 4.62. The number of benzene rings is 1. The van der Waals surface area contributed by atoms with E-state index in [1.165, 1.54) is 38.2 Å². The van der Waals surface area contributed by atoms with Crippen LogP contribution in [0.25, 0.3) is 0 Å². The molecule has 1 aliphatic carbocycles. The van der Waals surface area contributed by atoms with Crippen LogP contribution in [0.15, 0.2) is 24.3 Å². The molecule has 18 heavy (non-hydrogen) atoms. The second-order valence-corrected chi connectivity index (χ2v) is 5.98. The number of rotatable bonds is 4. The molecule has 1 saturated carbocycles. The Bertz CT molecular complexity index is 375. The molecular weight excluding hydrogens is 225 g/mol. The lowest BCUT2D eigenvalue weighted by molar-refractivity contribution is 0.288. The van der Waals surface area contributed by atoms with Gasteiger partial charge < -0.3 is 5.32 Å². The molecule has 2 atom stereocenters. The van der Waals surface area contributed by atoms with Gasteiger partial charge in [0, 0.05) is 6.04 Å². The van der Waals surface area contributed by atoms with E-state index in [-0.39, 0.29) is 5.82 Å². The summed E-state index contributed by atoms with van der Waals surface area (Å²) in [6.07, 6.45) is 6.27. The summed E-state index contributed by atoms with van der Waals surface area (Å²) in [6, 6.07) is 7.43. The van der Waals surface area contributed by atoms with Crippen molar-refractivity contribution in [2.75, 3.05) is 5.32 Å². The summed E-state index contributed by atoms with van der Waals surface area (Å²) in [5.41, 5.74) is 0.660. The maximum Gasteiger partial charge on any atom is 0.146 e. The molecule has 0 radical (unpaired) electrons. The molecule has 0 saturated heterocycles. The van der Waals surface area contributed by atoms with Crippen molar-refractivity contribution in [3.05, 3.63) is 30.1 Å². The summed E-state index contributed by atoms with van der Waals surface area (Å²) in [6.45, 7) is 4.57. The van der Waals surface area contributed by atoms with E-state index in [9.17, 15) is 4.39 Å². The van der Waals surface area contributed by atoms with Crippen molar-refractivity contribution < 1.29 is 4.39 Å². The van der Waals surface area contributed by atoms with Crippen molar-refractivity contribution in [2.24, 2.45) is 11.8 Å². The van der Waals surface area contributed by atoms with Crippen LogP contribution in [-0.2, 0) is 0 Å². The van der Waals surface area contributed by atoms with Gasteiger partial charge in [0.15, 0.2) is 0 Å². The first-order valence-corrected chi connectivity index (χ1v) is 7.16. The predicted molar refractivity (Wildman–Crippen MR) is 75.2 cm³/mol. The average Bonchev–Trinajstić information content (AvgIpc) is 2.32. The number of hydrogen-bond donors (Lipinski definition) is 1. The molecule has 1 N–H and O–H groups in total. The van der Waals surface area contributed by atoms with Crippen molar-refractivity contribution in [1.82, 2.24) is 0 Å². The van der Waals surface area contributed by atoms with Crippen LogP contribution in [0.1, 0.15) is 46.0 Å². The Morgan fingerprint density at radius 2 is 2.06 bits per heavy atom. The zero-order valence-corrected chi connectivity index (χ0v) is 11.5. The van der Waals surface area contributed by atoms with Crippen molar-refractivity contribution in [3.8, 4) is 0 Å². The number of hydrogen-bond acceptors (Lipinski definition) is 1. The molecule has 0 spiro atoms. The Labute approximate surface area is 110 Å². The lowest BCUT2D eigenvalue weighted by Crippen LogP contribution is -2.28. The number of halogens is 1. The summed E-state index contributed by atoms with van der Waals surface area (Å²) in [7, 11) is 0. The fourth-order valence-corrected chi connectivity index (χ4v) is 3.10. The maximum absolute atomic E-state index is 13.6. The molecular formula is C16H24FN. The molecule has 2 unspecified atom stereocenters. The summed E-state index contributed by atoms with van der Waals surface area (Å²) >= 11 is 0. The van der Waals surface area contributed by atoms with Crippen molar-refractivity contribution in [2.45, 2.75) is 52.0 Å². The predicted octanol–water partition coefficient (Wildman–Crippen LogP) is 4.84. The zero-order chi connectivity index (χ0) is 13.0. The lowest BCUT2D eigenvalue weighted by Gasteiger charge is -2.31. The van der Waals surface area contributed by atoms with Gasteiger partial charge in [-0.25, -0.2) is 4.39 Å². The van der Waals surface area contributed by atoms with Gasteiger partial charge in [0.05, 0.1) is 5.69 Å². The van der Waals surface area contributed by atoms with E-state index in [2.05, 4.69) is 19.2 Å². The van der Waals surface area contributed by atoms with Gasteiger partial charge in [-0.15, -0.1) is 0 Å². The molecule has 0 heterocycles. The highest BCUT2D eigenvalue weighted by molar-refractivity contribution is 5.45. The fraction of sp³-hybridized carbons (Fsp3) is 0.625. The van der Waals surface area contributed by atoms with Crippen molar-refractivity contribution in [3.63, 3.8) is 0 Å². The highest BCUT2D eigenvalue weighted by Gasteiger charge is 2.22. The van der Waals surface area contributed by atoms with Gasteiger partial charge in [0.2, 0.25) is 0 Å². The van der Waals surface area contributed by atoms with Crippen LogP contribution in [0.5, 0.6) is 0 Å². The molecule has 2 heteroatoms. The minimum Gasteiger partial charge on any atom is -0.380 e. The largest absolute Gasteiger partial charge is 0.380 e. The van der Waals surface area contributed by atoms with Crippen LogP contribution in [0.3, 0.4) is 0 Å². The molecule has 0 aromatic heterocycles. The first kappa shape index (κ1) is 13.4. The highest BCUT2D eigenvalue weighted by atomic mass is 19.1. The summed E-state index contributed by atoms with van der Waals surface area (Å²) < 4.78 is 13.6. The monoisotopic (exact) mass is 249 g/mol. The van der Waals surface area contributed by atoms with Gasteiger partial charge in [-0.1, -0.05) is 38.8 Å². The molecule has 1 aromatic carbocycles. The molecule has 2 rings (SSSR count). The van der Waals surface area contributed by atoms with Crippen molar-refractivity contribution in [1.29, 1.82) is 0 Å². The third-order valence-electron chi connectivity index (χ3n) is 3.82. The first-order valence-electron chi connectivity index (χ1n) is 7.16. The third kappa shape index (κ3) is 3.72. The normalized spacial score (nSPS) is 24.2. The topological polar surface area (TPSA) is 12.0 Å². The van der Waals surface area contributed by atoms with E-state index in [0.717, 1.165) is 11.8 Å². The Morgan fingerprint density at radius 3 is 2.78 bits per heavy atom. The second kappa shape index (κ2) is 6.21. The number of anilines is 1. The van der Waals surface area contributed by atoms with Crippen LogP contribution >= 0.6 is 0 Å². The smallest absolute Gasteiger partial charge is 0.146 e. The highest BCUT2D eigenvalue weighted by Crippen LogP contribution is 2.31. The molecule has 1 nitrogen and oxygen atoms in total. The van der Waals surface area contributed by atoms with Gasteiger partial charge in [-0.2, -0.15) is 0 Å². The van der Waals surface area contributed by atoms with E-state index in [1.54, 1.807) is 6.07 Å². The molecule has 1 aliphatic rings. The van der Waals surface area contributed by atoms with Gasteiger partial charge in [-0.3, -0.25) is 0 Å². The first-order chi connectivity index (χ1) is 8.65. The van der Waals surface area contributed by atoms with Gasteiger partial charge >= 0.3 is 0 Å². The minimum absolute atomic E-state index is 0.136. The van der Waals surface area contributed by atoms with Gasteiger partial charge in [-0.05, 0) is 43.2 Å². The van der Waals surface area contributed by atoms with Crippen LogP contribution < -0.4 is 5.32 Å². The number of para-hydroxylation sites is 1. The summed E-state index contributed by atoms with van der Waals surface area (Å²) in [5.74, 6) is 1.44. The van der Waals surface area contributed by atoms with Crippen LogP contribution in [-0.4, -0.2) is 6.04 Å². The van der Waals surface area contributed by atoms with Crippen LogP contribution in [0.2, 0.25) is 0 Å². The quantitative estimate of drug-likeness (QED) is 0.805. The van der Waals surface area contributed by atoms with Crippen molar-refractivity contribution >= 4 is 5.69 Å². The minimum atomic E-state index is -0.136. The van der Waals surface area contributed by atoms with E-state index < -0.39 is 0 Å². The standard InChI is InChI=1S/C16H24FN/c1-12(2)10-13-6-5-7-14(11-13)18-16-9-4-3-8-15(16)17/h3-4,8-9,12-14,18H,5-7,10-11H2,1-2H3. The Hall–Kier alpha value is -1.05. The zero-order valence-electron chi connectivity index (χ0n) is 11.5. The van der Waals surface area contributed by atoms with Crippen LogP contribution in [0.4, 0.5) is 10.1 Å². The molecule has 0 aliphatic heterocycles. The molecule has 100 valence electrons. The van der Waals surface area contributed by atoms with E-state index in [4.69, 9.17) is 0 Å². The average molecular weight is 249 g/mol. The Morgan fingerprint density at radius 1 is 1.28 bits per heavy atom.